The SMILES string of the molecule is CC.Cn1ncc2cccc(NSc3cnn(-c4cc(Cl)ccn4)c3)c21. The number of benzene rings is 1. The zero-order valence-corrected chi connectivity index (χ0v) is 16.3. The van der Waals surface area contributed by atoms with E-state index < -0.39 is 0 Å². The lowest BCUT2D eigenvalue weighted by Crippen LogP contribution is -1.96. The molecule has 0 aliphatic rings. The number of pyridine rings is 1. The van der Waals surface area contributed by atoms with E-state index in [1.54, 1.807) is 29.2 Å². The van der Waals surface area contributed by atoms with Crippen LogP contribution in [0.2, 0.25) is 5.02 Å². The number of nitrogens with zero attached hydrogens (tertiary/aromatic N) is 5. The Balaban J connectivity index is 0.000000948. The number of anilines is 1. The van der Waals surface area contributed by atoms with Gasteiger partial charge in [0.15, 0.2) is 5.82 Å². The van der Waals surface area contributed by atoms with Gasteiger partial charge in [0.05, 0.1) is 28.5 Å². The van der Waals surface area contributed by atoms with Crippen LogP contribution in [0.5, 0.6) is 0 Å². The van der Waals surface area contributed by atoms with Crippen molar-refractivity contribution in [1.29, 1.82) is 0 Å². The highest BCUT2D eigenvalue weighted by Gasteiger charge is 2.07. The number of para-hydroxylation sites is 1. The standard InChI is InChI=1S/C16H13ClN6S.C2H6/c1-22-16-11(8-19-22)3-2-4-14(16)21-24-13-9-20-23(10-13)15-7-12(17)5-6-18-15;1-2/h2-10,21H,1H3;1-2H3. The molecule has 4 aromatic rings. The number of hydrogen-bond donors (Lipinski definition) is 1. The van der Waals surface area contributed by atoms with Crippen molar-refractivity contribution < 1.29 is 0 Å². The van der Waals surface area contributed by atoms with E-state index in [1.807, 2.05) is 56.2 Å². The van der Waals surface area contributed by atoms with Crippen LogP contribution in [0, 0.1) is 0 Å². The molecule has 0 radical (unpaired) electrons. The summed E-state index contributed by atoms with van der Waals surface area (Å²) in [5.74, 6) is 0.683. The molecule has 8 heteroatoms. The summed E-state index contributed by atoms with van der Waals surface area (Å²) in [6.07, 6.45) is 7.20. The lowest BCUT2D eigenvalue weighted by molar-refractivity contribution is 0.798. The van der Waals surface area contributed by atoms with E-state index >= 15 is 0 Å². The molecule has 1 aromatic carbocycles. The van der Waals surface area contributed by atoms with Crippen LogP contribution in [0.25, 0.3) is 16.7 Å². The molecule has 4 rings (SSSR count). The van der Waals surface area contributed by atoms with E-state index in [-0.39, 0.29) is 0 Å². The lowest BCUT2D eigenvalue weighted by Gasteiger charge is -2.06. The Kier molecular flexibility index (Phi) is 5.80. The Labute approximate surface area is 161 Å². The monoisotopic (exact) mass is 386 g/mol. The minimum Gasteiger partial charge on any atom is -0.324 e. The van der Waals surface area contributed by atoms with Crippen LogP contribution in [0.15, 0.2) is 60.0 Å². The minimum atomic E-state index is 0.630. The summed E-state index contributed by atoms with van der Waals surface area (Å²) < 4.78 is 6.92. The molecule has 26 heavy (non-hydrogen) atoms. The molecule has 0 atom stereocenters. The third kappa shape index (κ3) is 3.84. The molecule has 0 unspecified atom stereocenters. The van der Waals surface area contributed by atoms with Crippen molar-refractivity contribution in [1.82, 2.24) is 24.5 Å². The van der Waals surface area contributed by atoms with Crippen LogP contribution in [0.4, 0.5) is 5.69 Å². The molecule has 0 saturated heterocycles. The smallest absolute Gasteiger partial charge is 0.154 e. The largest absolute Gasteiger partial charge is 0.324 e. The molecular formula is C18H19ClN6S. The van der Waals surface area contributed by atoms with Gasteiger partial charge in [0.1, 0.15) is 0 Å². The first-order valence-corrected chi connectivity index (χ1v) is 9.40. The third-order valence-corrected chi connectivity index (χ3v) is 4.54. The molecule has 6 nitrogen and oxygen atoms in total. The fraction of sp³-hybridized carbons (Fsp3) is 0.167. The molecule has 0 amide bonds. The summed E-state index contributed by atoms with van der Waals surface area (Å²) >= 11 is 7.48. The van der Waals surface area contributed by atoms with Gasteiger partial charge in [-0.3, -0.25) is 4.68 Å². The Morgan fingerprint density at radius 3 is 2.77 bits per heavy atom. The number of aryl methyl sites for hydroxylation is 1. The van der Waals surface area contributed by atoms with Crippen molar-refractivity contribution in [3.63, 3.8) is 0 Å². The molecular weight excluding hydrogens is 368 g/mol. The van der Waals surface area contributed by atoms with Gasteiger partial charge >= 0.3 is 0 Å². The van der Waals surface area contributed by atoms with Crippen LogP contribution in [-0.4, -0.2) is 24.5 Å². The maximum absolute atomic E-state index is 6.00. The summed E-state index contributed by atoms with van der Waals surface area (Å²) in [5, 5.41) is 10.3. The van der Waals surface area contributed by atoms with Crippen molar-refractivity contribution in [3.05, 3.63) is 60.1 Å². The maximum atomic E-state index is 6.00. The van der Waals surface area contributed by atoms with Gasteiger partial charge < -0.3 is 4.72 Å². The van der Waals surface area contributed by atoms with E-state index in [9.17, 15) is 0 Å². The number of halogens is 1. The highest BCUT2D eigenvalue weighted by molar-refractivity contribution is 8.00. The third-order valence-electron chi connectivity index (χ3n) is 3.54. The fourth-order valence-electron chi connectivity index (χ4n) is 2.43. The van der Waals surface area contributed by atoms with Gasteiger partial charge in [-0.1, -0.05) is 37.6 Å². The first kappa shape index (κ1) is 18.3. The molecule has 1 N–H and O–H groups in total. The number of rotatable bonds is 4. The fourth-order valence-corrected chi connectivity index (χ4v) is 3.23. The van der Waals surface area contributed by atoms with Crippen molar-refractivity contribution in [3.8, 4) is 5.82 Å². The van der Waals surface area contributed by atoms with Gasteiger partial charge in [0.2, 0.25) is 0 Å². The molecule has 3 aromatic heterocycles. The summed E-state index contributed by atoms with van der Waals surface area (Å²) in [5.41, 5.74) is 2.07. The zero-order chi connectivity index (χ0) is 18.5. The molecule has 0 aliphatic carbocycles. The quantitative estimate of drug-likeness (QED) is 0.502. The average molecular weight is 387 g/mol. The Morgan fingerprint density at radius 2 is 1.96 bits per heavy atom. The Hall–Kier alpha value is -2.51. The zero-order valence-electron chi connectivity index (χ0n) is 14.7. The summed E-state index contributed by atoms with van der Waals surface area (Å²) in [4.78, 5) is 5.23. The average Bonchev–Trinajstić information content (AvgIpc) is 3.29. The second-order valence-corrected chi connectivity index (χ2v) is 6.48. The van der Waals surface area contributed by atoms with Gasteiger partial charge in [-0.15, -0.1) is 0 Å². The van der Waals surface area contributed by atoms with Gasteiger partial charge in [0.25, 0.3) is 0 Å². The number of hydrogen-bond acceptors (Lipinski definition) is 5. The van der Waals surface area contributed by atoms with E-state index in [4.69, 9.17) is 11.6 Å². The Morgan fingerprint density at radius 1 is 1.12 bits per heavy atom. The predicted octanol–water partition coefficient (Wildman–Crippen LogP) is 4.95. The lowest BCUT2D eigenvalue weighted by atomic mass is 10.2. The summed E-state index contributed by atoms with van der Waals surface area (Å²) in [7, 11) is 1.93. The molecule has 0 bridgehead atoms. The van der Waals surface area contributed by atoms with Crippen LogP contribution in [0.1, 0.15) is 13.8 Å². The normalized spacial score (nSPS) is 10.5. The summed E-state index contributed by atoms with van der Waals surface area (Å²) in [6, 6.07) is 9.58. The topological polar surface area (TPSA) is 60.6 Å². The number of fused-ring (bicyclic) bond motifs is 1. The van der Waals surface area contributed by atoms with Gasteiger partial charge in [-0.2, -0.15) is 10.2 Å². The molecule has 0 fully saturated rings. The summed E-state index contributed by atoms with van der Waals surface area (Å²) in [6.45, 7) is 4.00. The van der Waals surface area contributed by atoms with Crippen LogP contribution >= 0.6 is 23.5 Å². The van der Waals surface area contributed by atoms with E-state index in [0.717, 1.165) is 21.5 Å². The molecule has 134 valence electrons. The molecule has 3 heterocycles. The van der Waals surface area contributed by atoms with Crippen LogP contribution in [0.3, 0.4) is 0 Å². The highest BCUT2D eigenvalue weighted by Crippen LogP contribution is 2.27. The number of nitrogens with one attached hydrogen (secondary N) is 1. The van der Waals surface area contributed by atoms with Crippen molar-refractivity contribution in [2.24, 2.45) is 7.05 Å². The van der Waals surface area contributed by atoms with E-state index in [0.29, 0.717) is 10.8 Å². The van der Waals surface area contributed by atoms with E-state index in [1.165, 1.54) is 11.9 Å². The second kappa shape index (κ2) is 8.25. The first-order chi connectivity index (χ1) is 12.7. The molecule has 0 aliphatic heterocycles. The van der Waals surface area contributed by atoms with E-state index in [2.05, 4.69) is 19.9 Å². The number of aromatic nitrogens is 5. The van der Waals surface area contributed by atoms with Crippen molar-refractivity contribution in [2.75, 3.05) is 4.72 Å². The highest BCUT2D eigenvalue weighted by atomic mass is 35.5. The van der Waals surface area contributed by atoms with Gasteiger partial charge in [-0.25, -0.2) is 9.67 Å². The van der Waals surface area contributed by atoms with Crippen molar-refractivity contribution in [2.45, 2.75) is 18.7 Å². The molecule has 0 spiro atoms. The predicted molar refractivity (Wildman–Crippen MR) is 108 cm³/mol. The molecule has 0 saturated carbocycles. The minimum absolute atomic E-state index is 0.630. The maximum Gasteiger partial charge on any atom is 0.154 e. The van der Waals surface area contributed by atoms with Gasteiger partial charge in [0, 0.05) is 35.9 Å². The second-order valence-electron chi connectivity index (χ2n) is 5.17. The Bertz CT molecular complexity index is 1010. The first-order valence-electron chi connectivity index (χ1n) is 8.21. The van der Waals surface area contributed by atoms with Crippen LogP contribution in [-0.2, 0) is 7.05 Å². The van der Waals surface area contributed by atoms with Gasteiger partial charge in [-0.05, 0) is 24.1 Å². The van der Waals surface area contributed by atoms with Crippen molar-refractivity contribution >= 4 is 40.1 Å². The van der Waals surface area contributed by atoms with Crippen LogP contribution < -0.4 is 4.72 Å².